The van der Waals surface area contributed by atoms with Gasteiger partial charge >= 0.3 is 0 Å². The Hall–Kier alpha value is -2.44. The number of hydrogen-bond donors (Lipinski definition) is 5. The van der Waals surface area contributed by atoms with Crippen LogP contribution in [0.4, 0.5) is 13.2 Å². The first-order valence-corrected chi connectivity index (χ1v) is 15.2. The standard InChI is InChI=1S/C29H38F3N3O4S/c1-4-5-6-9-17-10-7-8-11-19(17)28(29(2,3)39)40-16-23(37)26(27(38)24(40)15-36)35-14-22(33-34-35)18-12-20(30)25(32)21(31)13-18/h7-8,10-14,23-24,26-28,36-40H,4-6,9,15-16H2,1-3H3/t23-,24+,26-,27-,28?/m0/s1. The van der Waals surface area contributed by atoms with Crippen LogP contribution in [0.3, 0.4) is 0 Å². The number of halogens is 3. The Morgan fingerprint density at radius 3 is 2.40 bits per heavy atom. The second kappa shape index (κ2) is 12.6. The molecule has 6 atom stereocenters. The highest BCUT2D eigenvalue weighted by Gasteiger charge is 2.49. The quantitative estimate of drug-likeness (QED) is 0.139. The largest absolute Gasteiger partial charge is 0.395 e. The number of aromatic nitrogens is 3. The van der Waals surface area contributed by atoms with Crippen LogP contribution < -0.4 is 0 Å². The highest BCUT2D eigenvalue weighted by molar-refractivity contribution is 8.18. The molecule has 0 saturated carbocycles. The van der Waals surface area contributed by atoms with Crippen LogP contribution in [0.25, 0.3) is 11.3 Å². The normalized spacial score (nSPS) is 25.2. The van der Waals surface area contributed by atoms with Crippen molar-refractivity contribution in [3.63, 3.8) is 0 Å². The molecule has 2 unspecified atom stereocenters. The summed E-state index contributed by atoms with van der Waals surface area (Å²) >= 11 is 0. The number of thiol groups is 1. The highest BCUT2D eigenvalue weighted by atomic mass is 32.2. The number of nitrogens with zero attached hydrogens (tertiary/aromatic N) is 3. The fourth-order valence-corrected chi connectivity index (χ4v) is 9.48. The molecule has 1 aliphatic heterocycles. The van der Waals surface area contributed by atoms with E-state index in [0.29, 0.717) is 0 Å². The van der Waals surface area contributed by atoms with Gasteiger partial charge in [-0.05, 0) is 49.9 Å². The number of aliphatic hydroxyl groups is 4. The van der Waals surface area contributed by atoms with Gasteiger partial charge in [-0.3, -0.25) is 0 Å². The predicted molar refractivity (Wildman–Crippen MR) is 150 cm³/mol. The molecule has 0 aliphatic carbocycles. The molecule has 7 nitrogen and oxygen atoms in total. The molecular formula is C29H38F3N3O4S. The van der Waals surface area contributed by atoms with Gasteiger partial charge in [-0.2, -0.15) is 0 Å². The van der Waals surface area contributed by atoms with E-state index >= 15 is 0 Å². The van der Waals surface area contributed by atoms with Crippen molar-refractivity contribution in [2.75, 3.05) is 12.4 Å². The topological polar surface area (TPSA) is 112 Å². The van der Waals surface area contributed by atoms with Crippen LogP contribution in [0.15, 0.2) is 42.6 Å². The zero-order valence-electron chi connectivity index (χ0n) is 22.9. The molecule has 0 amide bonds. The monoisotopic (exact) mass is 581 g/mol. The Morgan fingerprint density at radius 2 is 1.77 bits per heavy atom. The number of aryl methyl sites for hydroxylation is 1. The minimum Gasteiger partial charge on any atom is -0.395 e. The predicted octanol–water partition coefficient (Wildman–Crippen LogP) is 4.25. The summed E-state index contributed by atoms with van der Waals surface area (Å²) in [6.07, 6.45) is 2.94. The molecule has 1 fully saturated rings. The van der Waals surface area contributed by atoms with Gasteiger partial charge < -0.3 is 20.4 Å². The SMILES string of the molecule is CCCCCc1ccccc1C([SH]1C[C@H](O)[C@H](n2cc(-c3cc(F)c(F)c(F)c3)nn2)[C@@H](O)[C@H]1CO)C(C)(C)O. The Balaban J connectivity index is 1.66. The van der Waals surface area contributed by atoms with E-state index in [4.69, 9.17) is 0 Å². The Kier molecular flexibility index (Phi) is 9.62. The summed E-state index contributed by atoms with van der Waals surface area (Å²) < 4.78 is 42.2. The molecule has 1 aliphatic rings. The molecule has 4 N–H and O–H groups in total. The van der Waals surface area contributed by atoms with E-state index < -0.39 is 62.7 Å². The maximum Gasteiger partial charge on any atom is 0.194 e. The summed E-state index contributed by atoms with van der Waals surface area (Å²) in [5.41, 5.74) is 0.833. The van der Waals surface area contributed by atoms with Crippen LogP contribution >= 0.6 is 10.9 Å². The van der Waals surface area contributed by atoms with Crippen LogP contribution in [0, 0.1) is 17.5 Å². The summed E-state index contributed by atoms with van der Waals surface area (Å²) in [5, 5.41) is 51.5. The second-order valence-corrected chi connectivity index (χ2v) is 13.6. The molecule has 0 spiro atoms. The summed E-state index contributed by atoms with van der Waals surface area (Å²) in [7, 11) is -1.35. The van der Waals surface area contributed by atoms with Crippen molar-refractivity contribution in [3.8, 4) is 11.3 Å². The van der Waals surface area contributed by atoms with E-state index in [1.54, 1.807) is 13.8 Å². The van der Waals surface area contributed by atoms with Gasteiger partial charge in [0.2, 0.25) is 0 Å². The third-order valence-electron chi connectivity index (χ3n) is 7.64. The van der Waals surface area contributed by atoms with Gasteiger partial charge in [0.1, 0.15) is 11.7 Å². The zero-order chi connectivity index (χ0) is 29.2. The van der Waals surface area contributed by atoms with Gasteiger partial charge in [-0.25, -0.2) is 28.7 Å². The van der Waals surface area contributed by atoms with E-state index in [9.17, 15) is 33.6 Å². The molecule has 0 radical (unpaired) electrons. The van der Waals surface area contributed by atoms with Gasteiger partial charge in [0.05, 0.1) is 30.6 Å². The van der Waals surface area contributed by atoms with Crippen molar-refractivity contribution >= 4 is 10.9 Å². The fraction of sp³-hybridized carbons (Fsp3) is 0.517. The highest BCUT2D eigenvalue weighted by Crippen LogP contribution is 2.58. The summed E-state index contributed by atoms with van der Waals surface area (Å²) in [5.74, 6) is -4.14. The number of benzene rings is 2. The van der Waals surface area contributed by atoms with E-state index in [-0.39, 0.29) is 23.6 Å². The molecule has 3 aromatic rings. The summed E-state index contributed by atoms with van der Waals surface area (Å²) in [6, 6.07) is 8.49. The van der Waals surface area contributed by atoms with E-state index in [1.165, 1.54) is 10.9 Å². The smallest absolute Gasteiger partial charge is 0.194 e. The van der Waals surface area contributed by atoms with Crippen molar-refractivity contribution in [3.05, 3.63) is 71.2 Å². The first-order valence-electron chi connectivity index (χ1n) is 13.6. The number of unbranched alkanes of at least 4 members (excludes halogenated alkanes) is 2. The molecule has 40 heavy (non-hydrogen) atoms. The van der Waals surface area contributed by atoms with Crippen LogP contribution in [0.2, 0.25) is 0 Å². The second-order valence-electron chi connectivity index (χ2n) is 11.0. The van der Waals surface area contributed by atoms with Crippen molar-refractivity contribution in [2.24, 2.45) is 0 Å². The maximum absolute atomic E-state index is 13.8. The van der Waals surface area contributed by atoms with Gasteiger partial charge in [-0.1, -0.05) is 49.2 Å². The third-order valence-corrected chi connectivity index (χ3v) is 11.3. The molecule has 2 aromatic carbocycles. The minimum absolute atomic E-state index is 0.0287. The number of aliphatic hydroxyl groups excluding tert-OH is 3. The van der Waals surface area contributed by atoms with Crippen molar-refractivity contribution in [2.45, 2.75) is 80.8 Å². The van der Waals surface area contributed by atoms with E-state index in [1.807, 2.05) is 24.3 Å². The minimum atomic E-state index is -1.60. The van der Waals surface area contributed by atoms with Crippen molar-refractivity contribution < 1.29 is 33.6 Å². The average molecular weight is 582 g/mol. The van der Waals surface area contributed by atoms with Gasteiger partial charge in [0.15, 0.2) is 17.5 Å². The van der Waals surface area contributed by atoms with E-state index in [0.717, 1.165) is 48.9 Å². The molecule has 11 heteroatoms. The van der Waals surface area contributed by atoms with Gasteiger partial charge in [0.25, 0.3) is 0 Å². The molecule has 220 valence electrons. The summed E-state index contributed by atoms with van der Waals surface area (Å²) in [4.78, 5) is 0. The lowest BCUT2D eigenvalue weighted by Gasteiger charge is -2.51. The molecule has 2 heterocycles. The molecule has 4 rings (SSSR count). The van der Waals surface area contributed by atoms with Crippen LogP contribution in [-0.4, -0.2) is 70.8 Å². The number of hydrogen-bond acceptors (Lipinski definition) is 6. The molecule has 0 bridgehead atoms. The van der Waals surface area contributed by atoms with Crippen LogP contribution in [0.1, 0.15) is 62.5 Å². The fourth-order valence-electron chi connectivity index (χ4n) is 5.77. The third kappa shape index (κ3) is 6.23. The van der Waals surface area contributed by atoms with Crippen LogP contribution in [-0.2, 0) is 6.42 Å². The van der Waals surface area contributed by atoms with Crippen molar-refractivity contribution in [1.82, 2.24) is 15.0 Å². The van der Waals surface area contributed by atoms with Crippen molar-refractivity contribution in [1.29, 1.82) is 0 Å². The lowest BCUT2D eigenvalue weighted by molar-refractivity contribution is 0.00570. The molecular weight excluding hydrogens is 543 g/mol. The number of rotatable bonds is 10. The summed E-state index contributed by atoms with van der Waals surface area (Å²) in [6.45, 7) is 5.19. The maximum atomic E-state index is 13.8. The van der Waals surface area contributed by atoms with Crippen LogP contribution in [0.5, 0.6) is 0 Å². The lowest BCUT2D eigenvalue weighted by atomic mass is 9.92. The zero-order valence-corrected chi connectivity index (χ0v) is 23.8. The Labute approximate surface area is 235 Å². The van der Waals surface area contributed by atoms with Gasteiger partial charge in [-0.15, -0.1) is 5.10 Å². The van der Waals surface area contributed by atoms with E-state index in [2.05, 4.69) is 17.2 Å². The first kappa shape index (κ1) is 30.5. The lowest BCUT2D eigenvalue weighted by Crippen LogP contribution is -2.52. The first-order chi connectivity index (χ1) is 19.0. The molecule has 1 saturated heterocycles. The molecule has 1 aromatic heterocycles. The van der Waals surface area contributed by atoms with Gasteiger partial charge in [0, 0.05) is 21.8 Å². The Morgan fingerprint density at radius 1 is 1.10 bits per heavy atom. The Bertz CT molecular complexity index is 1280. The average Bonchev–Trinajstić information content (AvgIpc) is 3.37.